The molecule has 33 heavy (non-hydrogen) atoms. The van der Waals surface area contributed by atoms with Crippen LogP contribution in [0.15, 0.2) is 51.8 Å². The minimum atomic E-state index is -0.275. The van der Waals surface area contributed by atoms with Crippen LogP contribution in [0.25, 0.3) is 10.9 Å². The number of rotatable bonds is 7. The van der Waals surface area contributed by atoms with Gasteiger partial charge in [0, 0.05) is 27.8 Å². The molecule has 3 atom stereocenters. The van der Waals surface area contributed by atoms with Gasteiger partial charge in [0.25, 0.3) is 0 Å². The zero-order valence-corrected chi connectivity index (χ0v) is 21.9. The fourth-order valence-corrected chi connectivity index (χ4v) is 6.77. The molecule has 2 aromatic carbocycles. The maximum atomic E-state index is 12.0. The van der Waals surface area contributed by atoms with Gasteiger partial charge in [0.05, 0.1) is 37.4 Å². The number of fused-ring (bicyclic) bond motifs is 1. The van der Waals surface area contributed by atoms with Crippen molar-refractivity contribution in [1.82, 2.24) is 14.1 Å². The molecule has 1 aliphatic rings. The number of carbonyl (C=O) groups is 1. The van der Waals surface area contributed by atoms with E-state index in [-0.39, 0.29) is 29.1 Å². The molecule has 0 radical (unpaired) electrons. The zero-order chi connectivity index (χ0) is 23.5. The first-order valence-corrected chi connectivity index (χ1v) is 13.2. The quantitative estimate of drug-likeness (QED) is 0.298. The van der Waals surface area contributed by atoms with Crippen molar-refractivity contribution in [2.75, 3.05) is 26.8 Å². The number of hydrogen-bond acceptors (Lipinski definition) is 5. The van der Waals surface area contributed by atoms with E-state index in [1.54, 1.807) is 0 Å². The van der Waals surface area contributed by atoms with Crippen molar-refractivity contribution in [2.45, 2.75) is 38.1 Å². The second-order valence-electron chi connectivity index (χ2n) is 8.15. The predicted molar refractivity (Wildman–Crippen MR) is 138 cm³/mol. The van der Waals surface area contributed by atoms with Gasteiger partial charge < -0.3 is 9.47 Å². The Morgan fingerprint density at radius 1 is 1.24 bits per heavy atom. The molecular formula is C25H30BrN3O3S. The molecule has 1 saturated heterocycles. The number of hydrogen-bond donors (Lipinski definition) is 0. The van der Waals surface area contributed by atoms with E-state index >= 15 is 0 Å². The second kappa shape index (κ2) is 10.4. The minimum absolute atomic E-state index is 0.111. The molecule has 4 rings (SSSR count). The van der Waals surface area contributed by atoms with Gasteiger partial charge in [0.1, 0.15) is 5.75 Å². The number of nitrogens with zero attached hydrogens (tertiary/aromatic N) is 3. The van der Waals surface area contributed by atoms with Crippen LogP contribution in [0.2, 0.25) is 0 Å². The Morgan fingerprint density at radius 3 is 2.67 bits per heavy atom. The van der Waals surface area contributed by atoms with Crippen LogP contribution < -0.4 is 4.74 Å². The Kier molecular flexibility index (Phi) is 7.56. The molecular weight excluding hydrogens is 502 g/mol. The van der Waals surface area contributed by atoms with E-state index in [0.717, 1.165) is 39.9 Å². The third-order valence-corrected chi connectivity index (χ3v) is 8.57. The van der Waals surface area contributed by atoms with Crippen molar-refractivity contribution < 1.29 is 14.3 Å². The summed E-state index contributed by atoms with van der Waals surface area (Å²) in [5.74, 6) is 1.04. The monoisotopic (exact) mass is 531 g/mol. The third kappa shape index (κ3) is 5.03. The van der Waals surface area contributed by atoms with E-state index in [1.807, 2.05) is 19.1 Å². The molecule has 1 aliphatic heterocycles. The molecule has 0 spiro atoms. The van der Waals surface area contributed by atoms with Crippen LogP contribution in [0, 0.1) is 5.92 Å². The smallest absolute Gasteiger partial charge is 0.311 e. The highest BCUT2D eigenvalue weighted by Gasteiger charge is 2.34. The number of esters is 1. The summed E-state index contributed by atoms with van der Waals surface area (Å²) in [5, 5.41) is 8.20. The van der Waals surface area contributed by atoms with Gasteiger partial charge in [-0.15, -0.1) is 0 Å². The van der Waals surface area contributed by atoms with E-state index in [1.165, 1.54) is 12.0 Å². The van der Waals surface area contributed by atoms with Gasteiger partial charge in [-0.25, -0.2) is 4.31 Å². The molecule has 0 N–H and O–H groups in total. The van der Waals surface area contributed by atoms with Crippen molar-refractivity contribution >= 4 is 48.8 Å². The van der Waals surface area contributed by atoms with E-state index in [4.69, 9.17) is 14.6 Å². The predicted octanol–water partition coefficient (Wildman–Crippen LogP) is 5.47. The van der Waals surface area contributed by atoms with Gasteiger partial charge in [0.15, 0.2) is 0 Å². The van der Waals surface area contributed by atoms with Crippen molar-refractivity contribution in [3.63, 3.8) is 0 Å². The number of methoxy groups -OCH3 is 1. The molecule has 8 heteroatoms. The third-order valence-electron chi connectivity index (χ3n) is 6.02. The Morgan fingerprint density at radius 2 is 2.00 bits per heavy atom. The molecule has 0 amide bonds. The summed E-state index contributed by atoms with van der Waals surface area (Å²) in [7, 11) is 1.30. The molecule has 6 nitrogen and oxygen atoms in total. The first kappa shape index (κ1) is 24.0. The molecule has 176 valence electrons. The molecule has 0 bridgehead atoms. The molecule has 1 aromatic heterocycles. The lowest BCUT2D eigenvalue weighted by molar-refractivity contribution is -0.139. The molecule has 1 fully saturated rings. The second-order valence-corrected chi connectivity index (χ2v) is 11.2. The van der Waals surface area contributed by atoms with Crippen LogP contribution in [-0.2, 0) is 16.0 Å². The summed E-state index contributed by atoms with van der Waals surface area (Å²) >= 11 is 3.60. The van der Waals surface area contributed by atoms with Crippen molar-refractivity contribution in [1.29, 1.82) is 0 Å². The molecule has 0 aliphatic carbocycles. The summed E-state index contributed by atoms with van der Waals surface area (Å²) in [5.41, 5.74) is 1.81. The molecule has 0 saturated carbocycles. The van der Waals surface area contributed by atoms with Gasteiger partial charge in [-0.2, -0.15) is 5.10 Å². The van der Waals surface area contributed by atoms with E-state index in [2.05, 4.69) is 74.5 Å². The minimum Gasteiger partial charge on any atom is -0.494 e. The summed E-state index contributed by atoms with van der Waals surface area (Å²) in [6.07, 6.45) is 0.172. The van der Waals surface area contributed by atoms with Crippen LogP contribution >= 0.6 is 26.6 Å². The van der Waals surface area contributed by atoms with Crippen LogP contribution in [0.5, 0.6) is 5.75 Å². The molecule has 3 aromatic rings. The highest BCUT2D eigenvalue weighted by Crippen LogP contribution is 2.41. The van der Waals surface area contributed by atoms with Crippen LogP contribution in [0.3, 0.4) is 0 Å². The van der Waals surface area contributed by atoms with Crippen LogP contribution in [-0.4, -0.2) is 52.2 Å². The number of aromatic nitrogens is 2. The highest BCUT2D eigenvalue weighted by molar-refractivity contribution is 9.10. The maximum absolute atomic E-state index is 12.0. The fraction of sp³-hybridized carbons (Fsp3) is 0.400. The van der Waals surface area contributed by atoms with Gasteiger partial charge in [-0.05, 0) is 67.6 Å². The average Bonchev–Trinajstić information content (AvgIpc) is 3.35. The Labute approximate surface area is 206 Å². The van der Waals surface area contributed by atoms with E-state index in [0.29, 0.717) is 12.5 Å². The van der Waals surface area contributed by atoms with Crippen LogP contribution in [0.1, 0.15) is 32.5 Å². The first-order chi connectivity index (χ1) is 15.9. The standard InChI is InChI=1S/C25H30BrN3O3S/c1-5-32-19-8-10-20(11-9-19)33(6-2)28-15-17(3)24(16-28)29-23-13-18(26)7-12-21(23)22(27-29)14-25(30)31-4/h6-13,17,24H,5,14-16H2,1-4H3/t17-,24+,33?/m1/s1. The highest BCUT2D eigenvalue weighted by atomic mass is 79.9. The SMILES string of the molecule is C/C=S(\c1ccc(OCC)cc1)N1C[C@@H](C)[C@@H](n2nc(CC(=O)OC)c3ccc(Br)cc32)C1. The lowest BCUT2D eigenvalue weighted by Gasteiger charge is -2.22. The van der Waals surface area contributed by atoms with E-state index in [9.17, 15) is 4.79 Å². The normalized spacial score (nSPS) is 19.8. The number of halogens is 1. The maximum Gasteiger partial charge on any atom is 0.311 e. The first-order valence-electron chi connectivity index (χ1n) is 11.2. The van der Waals surface area contributed by atoms with E-state index < -0.39 is 0 Å². The number of ether oxygens (including phenoxy) is 2. The topological polar surface area (TPSA) is 56.6 Å². The summed E-state index contributed by atoms with van der Waals surface area (Å²) in [6, 6.07) is 14.8. The average molecular weight is 533 g/mol. The van der Waals surface area contributed by atoms with Gasteiger partial charge in [-0.1, -0.05) is 33.5 Å². The lowest BCUT2D eigenvalue weighted by atomic mass is 10.1. The Hall–Kier alpha value is -2.16. The van der Waals surface area contributed by atoms with Crippen molar-refractivity contribution in [3.05, 3.63) is 52.6 Å². The summed E-state index contributed by atoms with van der Waals surface area (Å²) in [4.78, 5) is 13.3. The van der Waals surface area contributed by atoms with Crippen molar-refractivity contribution in [2.24, 2.45) is 5.92 Å². The summed E-state index contributed by atoms with van der Waals surface area (Å²) < 4.78 is 16.2. The number of carbonyl (C=O) groups excluding carboxylic acids is 1. The number of benzene rings is 2. The summed E-state index contributed by atoms with van der Waals surface area (Å²) in [6.45, 7) is 8.95. The van der Waals surface area contributed by atoms with Crippen molar-refractivity contribution in [3.8, 4) is 5.75 Å². The van der Waals surface area contributed by atoms with Gasteiger partial charge >= 0.3 is 5.97 Å². The largest absolute Gasteiger partial charge is 0.494 e. The lowest BCUT2D eigenvalue weighted by Crippen LogP contribution is -2.19. The Bertz CT molecular complexity index is 1180. The van der Waals surface area contributed by atoms with Gasteiger partial charge in [0.2, 0.25) is 0 Å². The Balaban J connectivity index is 1.64. The zero-order valence-electron chi connectivity index (χ0n) is 19.5. The van der Waals surface area contributed by atoms with Gasteiger partial charge in [-0.3, -0.25) is 9.48 Å². The molecule has 1 unspecified atom stereocenters. The fourth-order valence-electron chi connectivity index (χ4n) is 4.43. The van der Waals surface area contributed by atoms with Crippen LogP contribution in [0.4, 0.5) is 0 Å². The molecule has 2 heterocycles.